The largest absolute Gasteiger partial charge is 0.360 e. The topological polar surface area (TPSA) is 69.0 Å². The minimum atomic E-state index is -0.232. The Morgan fingerprint density at radius 1 is 1.31 bits per heavy atom. The summed E-state index contributed by atoms with van der Waals surface area (Å²) in [5.41, 5.74) is 3.09. The lowest BCUT2D eigenvalue weighted by Crippen LogP contribution is -2.33. The summed E-state index contributed by atoms with van der Waals surface area (Å²) in [5, 5.41) is 1.18. The first-order valence-corrected chi connectivity index (χ1v) is 9.12. The number of likely N-dealkylation sites (tertiary alicyclic amines) is 1. The molecule has 2 aliphatic rings. The van der Waals surface area contributed by atoms with Crippen molar-refractivity contribution < 1.29 is 4.79 Å². The van der Waals surface area contributed by atoms with E-state index >= 15 is 0 Å². The van der Waals surface area contributed by atoms with Gasteiger partial charge in [-0.25, -0.2) is 0 Å². The van der Waals surface area contributed by atoms with Crippen molar-refractivity contribution in [2.75, 3.05) is 13.1 Å². The number of nitrogens with zero attached hydrogens (tertiary/aromatic N) is 1. The van der Waals surface area contributed by atoms with Crippen molar-refractivity contribution in [2.45, 2.75) is 18.8 Å². The lowest BCUT2D eigenvalue weighted by Gasteiger charge is -2.21. The molecule has 0 spiro atoms. The highest BCUT2D eigenvalue weighted by Crippen LogP contribution is 2.59. The monoisotopic (exact) mass is 367 g/mol. The second-order valence-electron chi connectivity index (χ2n) is 7.51. The average Bonchev–Trinajstić information content (AvgIpc) is 3.00. The zero-order valence-corrected chi connectivity index (χ0v) is 15.1. The van der Waals surface area contributed by atoms with E-state index < -0.39 is 0 Å². The number of aryl methyl sites for hydroxylation is 1. The van der Waals surface area contributed by atoms with Gasteiger partial charge in [-0.1, -0.05) is 23.7 Å². The number of hydrogen-bond acceptors (Lipinski definition) is 2. The minimum Gasteiger partial charge on any atom is -0.360 e. The number of carbonyl (C=O) groups is 1. The molecule has 1 saturated carbocycles. The van der Waals surface area contributed by atoms with Crippen molar-refractivity contribution in [1.82, 2.24) is 14.9 Å². The zero-order valence-electron chi connectivity index (χ0n) is 14.3. The molecule has 5 nitrogen and oxygen atoms in total. The van der Waals surface area contributed by atoms with Crippen molar-refractivity contribution in [1.29, 1.82) is 0 Å². The lowest BCUT2D eigenvalue weighted by atomic mass is 9.95. The highest BCUT2D eigenvalue weighted by atomic mass is 35.5. The van der Waals surface area contributed by atoms with Crippen LogP contribution in [0.25, 0.3) is 10.9 Å². The van der Waals surface area contributed by atoms with E-state index in [9.17, 15) is 9.59 Å². The third-order valence-electron chi connectivity index (χ3n) is 5.98. The second kappa shape index (κ2) is 5.24. The number of nitrogens with one attached hydrogen (secondary N) is 2. The van der Waals surface area contributed by atoms with E-state index in [-0.39, 0.29) is 16.9 Å². The molecule has 2 unspecified atom stereocenters. The molecule has 2 atom stereocenters. The zero-order chi connectivity index (χ0) is 18.1. The van der Waals surface area contributed by atoms with Gasteiger partial charge in [0.25, 0.3) is 11.5 Å². The number of carbonyl (C=O) groups excluding carboxylic acids is 1. The molecule has 132 valence electrons. The number of benzene rings is 1. The minimum absolute atomic E-state index is 0.0228. The fourth-order valence-corrected chi connectivity index (χ4v) is 4.70. The Labute approximate surface area is 155 Å². The number of hydrogen-bond donors (Lipinski definition) is 2. The van der Waals surface area contributed by atoms with Crippen molar-refractivity contribution in [3.05, 3.63) is 68.7 Å². The van der Waals surface area contributed by atoms with Gasteiger partial charge < -0.3 is 14.9 Å². The smallest absolute Gasteiger partial charge is 0.258 e. The lowest BCUT2D eigenvalue weighted by molar-refractivity contribution is 0.0774. The molecule has 6 heteroatoms. The molecule has 2 fully saturated rings. The van der Waals surface area contributed by atoms with Crippen LogP contribution in [-0.2, 0) is 5.41 Å². The van der Waals surface area contributed by atoms with Crippen LogP contribution in [0, 0.1) is 12.8 Å². The first kappa shape index (κ1) is 15.7. The van der Waals surface area contributed by atoms with E-state index in [0.29, 0.717) is 23.4 Å². The highest BCUT2D eigenvalue weighted by Gasteiger charge is 2.61. The molecule has 1 amide bonds. The summed E-state index contributed by atoms with van der Waals surface area (Å²) in [4.78, 5) is 33.1. The van der Waals surface area contributed by atoms with Crippen LogP contribution in [0.3, 0.4) is 0 Å². The summed E-state index contributed by atoms with van der Waals surface area (Å²) in [5.74, 6) is 0.385. The van der Waals surface area contributed by atoms with Gasteiger partial charge >= 0.3 is 0 Å². The Morgan fingerprint density at radius 2 is 2.15 bits per heavy atom. The first-order valence-electron chi connectivity index (χ1n) is 8.74. The molecular weight excluding hydrogens is 350 g/mol. The predicted octanol–water partition coefficient (Wildman–Crippen LogP) is 3.23. The van der Waals surface area contributed by atoms with Gasteiger partial charge in [0.1, 0.15) is 0 Å². The average molecular weight is 368 g/mol. The Kier molecular flexibility index (Phi) is 3.16. The van der Waals surface area contributed by atoms with Gasteiger partial charge in [-0.2, -0.15) is 0 Å². The normalized spacial score (nSPS) is 24.1. The maximum atomic E-state index is 13.1. The molecule has 0 bridgehead atoms. The Balaban J connectivity index is 1.49. The predicted molar refractivity (Wildman–Crippen MR) is 101 cm³/mol. The van der Waals surface area contributed by atoms with Crippen molar-refractivity contribution in [3.63, 3.8) is 0 Å². The molecule has 2 aromatic heterocycles. The molecule has 1 aromatic carbocycles. The number of rotatable bonds is 2. The summed E-state index contributed by atoms with van der Waals surface area (Å²) in [6.45, 7) is 3.30. The maximum absolute atomic E-state index is 13.1. The molecule has 3 aromatic rings. The van der Waals surface area contributed by atoms with E-state index in [1.165, 1.54) is 5.56 Å². The third kappa shape index (κ3) is 2.10. The van der Waals surface area contributed by atoms with Gasteiger partial charge in [0.05, 0.1) is 16.5 Å². The molecule has 1 saturated heterocycles. The highest BCUT2D eigenvalue weighted by molar-refractivity contribution is 6.30. The van der Waals surface area contributed by atoms with Crippen molar-refractivity contribution >= 4 is 28.4 Å². The number of aromatic amines is 2. The molecule has 5 rings (SSSR count). The number of halogens is 1. The molecular formula is C20H18ClN3O2. The van der Waals surface area contributed by atoms with E-state index in [0.717, 1.165) is 29.1 Å². The number of piperidine rings is 1. The fraction of sp³-hybridized carbons (Fsp3) is 0.300. The fourth-order valence-electron chi connectivity index (χ4n) is 4.51. The number of H-pyrrole nitrogens is 2. The van der Waals surface area contributed by atoms with Crippen molar-refractivity contribution in [3.8, 4) is 0 Å². The van der Waals surface area contributed by atoms with Gasteiger partial charge in [-0.05, 0) is 42.5 Å². The number of fused-ring (bicyclic) bond motifs is 2. The first-order chi connectivity index (χ1) is 12.5. The molecule has 3 heterocycles. The van der Waals surface area contributed by atoms with Crippen LogP contribution in [-0.4, -0.2) is 33.9 Å². The number of amides is 1. The summed E-state index contributed by atoms with van der Waals surface area (Å²) in [6, 6.07) is 7.95. The maximum Gasteiger partial charge on any atom is 0.258 e. The van der Waals surface area contributed by atoms with Crippen LogP contribution in [0.15, 0.2) is 41.5 Å². The molecule has 1 aliphatic heterocycles. The van der Waals surface area contributed by atoms with E-state index in [4.69, 9.17) is 11.6 Å². The van der Waals surface area contributed by atoms with Gasteiger partial charge in [-0.3, -0.25) is 9.59 Å². The Morgan fingerprint density at radius 3 is 2.96 bits per heavy atom. The summed E-state index contributed by atoms with van der Waals surface area (Å²) in [7, 11) is 0. The van der Waals surface area contributed by atoms with E-state index in [1.807, 2.05) is 30.0 Å². The van der Waals surface area contributed by atoms with Gasteiger partial charge in [0, 0.05) is 35.9 Å². The molecule has 1 aliphatic carbocycles. The Hall–Kier alpha value is -2.53. The number of pyridine rings is 1. The molecule has 0 radical (unpaired) electrons. The van der Waals surface area contributed by atoms with E-state index in [2.05, 4.69) is 16.0 Å². The summed E-state index contributed by atoms with van der Waals surface area (Å²) >= 11 is 6.16. The van der Waals surface area contributed by atoms with Gasteiger partial charge in [0.15, 0.2) is 0 Å². The van der Waals surface area contributed by atoms with Crippen LogP contribution < -0.4 is 5.56 Å². The second-order valence-corrected chi connectivity index (χ2v) is 7.94. The van der Waals surface area contributed by atoms with Crippen LogP contribution in [0.4, 0.5) is 0 Å². The number of aromatic nitrogens is 2. The molecule has 2 N–H and O–H groups in total. The van der Waals surface area contributed by atoms with Gasteiger partial charge in [-0.15, -0.1) is 0 Å². The standard InChI is InChI=1S/C20H18ClN3O2/c1-11-7-23-18(25)16-15(8-22-17(11)16)19(26)24-9-13-6-20(13,10-24)12-3-2-4-14(21)5-12/h2-5,7-8,13,22H,6,9-10H2,1H3,(H,23,25). The summed E-state index contributed by atoms with van der Waals surface area (Å²) in [6.07, 6.45) is 4.41. The Bertz CT molecular complexity index is 1120. The van der Waals surface area contributed by atoms with Crippen LogP contribution in [0.5, 0.6) is 0 Å². The SMILES string of the molecule is Cc1c[nH]c(=O)c2c(C(=O)N3CC4CC4(c4cccc(Cl)c4)C3)c[nH]c12. The van der Waals surface area contributed by atoms with Gasteiger partial charge in [0.2, 0.25) is 0 Å². The molecule has 26 heavy (non-hydrogen) atoms. The third-order valence-corrected chi connectivity index (χ3v) is 6.22. The van der Waals surface area contributed by atoms with Crippen LogP contribution in [0.2, 0.25) is 5.02 Å². The van der Waals surface area contributed by atoms with Crippen LogP contribution >= 0.6 is 11.6 Å². The van der Waals surface area contributed by atoms with Crippen LogP contribution in [0.1, 0.15) is 27.9 Å². The summed E-state index contributed by atoms with van der Waals surface area (Å²) < 4.78 is 0. The van der Waals surface area contributed by atoms with E-state index in [1.54, 1.807) is 12.4 Å². The van der Waals surface area contributed by atoms with Crippen molar-refractivity contribution in [2.24, 2.45) is 5.92 Å². The quantitative estimate of drug-likeness (QED) is 0.730.